The Morgan fingerprint density at radius 2 is 1.50 bits per heavy atom. The standard InChI is InChI=1S/C32H34N2O4/c1-34-15-13-24(14-16-34)30-26-8-6-5-7-22(26)11-12-23-10-9-21(17-27(23)30)20-33-32(35)25-18-28(36-2)31(38-4)29(19-25)37-3/h5-12,17-19H,13-16,20H2,1-4H3,(H,33,35). The van der Waals surface area contributed by atoms with Crippen molar-refractivity contribution in [2.45, 2.75) is 19.4 Å². The molecule has 1 saturated heterocycles. The van der Waals surface area contributed by atoms with Gasteiger partial charge < -0.3 is 24.4 Å². The summed E-state index contributed by atoms with van der Waals surface area (Å²) in [6, 6.07) is 18.4. The third-order valence-electron chi connectivity index (χ3n) is 7.38. The van der Waals surface area contributed by atoms with Gasteiger partial charge in [-0.2, -0.15) is 0 Å². The monoisotopic (exact) mass is 510 g/mol. The first kappa shape index (κ1) is 25.6. The molecular formula is C32H34N2O4. The number of piperidine rings is 1. The van der Waals surface area contributed by atoms with Gasteiger partial charge in [0.2, 0.25) is 5.75 Å². The Morgan fingerprint density at radius 1 is 0.842 bits per heavy atom. The van der Waals surface area contributed by atoms with E-state index < -0.39 is 0 Å². The molecule has 196 valence electrons. The fourth-order valence-corrected chi connectivity index (χ4v) is 5.29. The highest BCUT2D eigenvalue weighted by molar-refractivity contribution is 5.96. The van der Waals surface area contributed by atoms with Crippen LogP contribution in [0.15, 0.2) is 60.2 Å². The lowest BCUT2D eigenvalue weighted by Gasteiger charge is -2.27. The van der Waals surface area contributed by atoms with E-state index in [1.54, 1.807) is 19.2 Å². The number of amides is 1. The minimum atomic E-state index is -0.210. The van der Waals surface area contributed by atoms with Gasteiger partial charge in [0.1, 0.15) is 0 Å². The average Bonchev–Trinajstić information content (AvgIpc) is 3.12. The van der Waals surface area contributed by atoms with Crippen LogP contribution in [0.5, 0.6) is 17.2 Å². The summed E-state index contributed by atoms with van der Waals surface area (Å²) in [7, 11) is 6.81. The van der Waals surface area contributed by atoms with Crippen LogP contribution in [-0.2, 0) is 6.54 Å². The van der Waals surface area contributed by atoms with Crippen molar-refractivity contribution < 1.29 is 19.0 Å². The summed E-state index contributed by atoms with van der Waals surface area (Å²) in [5.74, 6) is 1.14. The number of carbonyl (C=O) groups excluding carboxylic acids is 1. The maximum Gasteiger partial charge on any atom is 0.251 e. The normalized spacial score (nSPS) is 14.8. The van der Waals surface area contributed by atoms with Gasteiger partial charge >= 0.3 is 0 Å². The van der Waals surface area contributed by atoms with Crippen molar-refractivity contribution >= 4 is 23.6 Å². The molecule has 1 aliphatic heterocycles. The number of methoxy groups -OCH3 is 3. The lowest BCUT2D eigenvalue weighted by Crippen LogP contribution is -2.27. The van der Waals surface area contributed by atoms with E-state index in [9.17, 15) is 4.79 Å². The summed E-state index contributed by atoms with van der Waals surface area (Å²) in [4.78, 5) is 15.5. The number of hydrogen-bond acceptors (Lipinski definition) is 5. The van der Waals surface area contributed by atoms with E-state index in [0.717, 1.165) is 31.5 Å². The minimum absolute atomic E-state index is 0.210. The molecule has 1 fully saturated rings. The number of nitrogens with one attached hydrogen (secondary N) is 1. The number of nitrogens with zero attached hydrogens (tertiary/aromatic N) is 1. The zero-order chi connectivity index (χ0) is 26.6. The Hall–Kier alpha value is -4.03. The van der Waals surface area contributed by atoms with E-state index >= 15 is 0 Å². The average molecular weight is 511 g/mol. The molecule has 0 spiro atoms. The predicted molar refractivity (Wildman–Crippen MR) is 152 cm³/mol. The number of ether oxygens (including phenoxy) is 3. The zero-order valence-electron chi connectivity index (χ0n) is 22.5. The highest BCUT2D eigenvalue weighted by Crippen LogP contribution is 2.40. The van der Waals surface area contributed by atoms with E-state index in [1.165, 1.54) is 47.6 Å². The Morgan fingerprint density at radius 3 is 2.16 bits per heavy atom. The Kier molecular flexibility index (Phi) is 7.52. The molecule has 1 heterocycles. The van der Waals surface area contributed by atoms with E-state index in [1.807, 2.05) is 0 Å². The molecule has 3 aromatic rings. The van der Waals surface area contributed by atoms with Gasteiger partial charge in [-0.15, -0.1) is 0 Å². The number of hydrogen-bond donors (Lipinski definition) is 1. The molecule has 38 heavy (non-hydrogen) atoms. The lowest BCUT2D eigenvalue weighted by molar-refractivity contribution is 0.0950. The van der Waals surface area contributed by atoms with Crippen LogP contribution in [0.2, 0.25) is 0 Å². The molecule has 3 aromatic carbocycles. The Balaban J connectivity index is 1.46. The van der Waals surface area contributed by atoms with E-state index in [0.29, 0.717) is 29.4 Å². The number of rotatable bonds is 6. The summed E-state index contributed by atoms with van der Waals surface area (Å²) in [6.07, 6.45) is 6.53. The first-order chi connectivity index (χ1) is 18.5. The van der Waals surface area contributed by atoms with Crippen LogP contribution in [0.1, 0.15) is 51.0 Å². The van der Waals surface area contributed by atoms with Crippen LogP contribution >= 0.6 is 0 Å². The number of carbonyl (C=O) groups is 1. The number of benzene rings is 3. The van der Waals surface area contributed by atoms with Crippen molar-refractivity contribution in [1.29, 1.82) is 0 Å². The molecule has 0 radical (unpaired) electrons. The summed E-state index contributed by atoms with van der Waals surface area (Å²) >= 11 is 0. The van der Waals surface area contributed by atoms with Gasteiger partial charge in [0.25, 0.3) is 5.91 Å². The van der Waals surface area contributed by atoms with Crippen molar-refractivity contribution in [3.8, 4) is 17.2 Å². The van der Waals surface area contributed by atoms with Crippen molar-refractivity contribution in [3.63, 3.8) is 0 Å². The molecule has 0 atom stereocenters. The SMILES string of the molecule is COc1cc(C(=O)NCc2ccc3c(c2)C(=C2CCN(C)CC2)c2ccccc2C=C3)cc(OC)c1OC. The van der Waals surface area contributed by atoms with Gasteiger partial charge in [0, 0.05) is 25.2 Å². The molecule has 6 nitrogen and oxygen atoms in total. The third-order valence-corrected chi connectivity index (χ3v) is 7.38. The fourth-order valence-electron chi connectivity index (χ4n) is 5.29. The maximum absolute atomic E-state index is 13.1. The van der Waals surface area contributed by atoms with Crippen LogP contribution in [0.3, 0.4) is 0 Å². The van der Waals surface area contributed by atoms with E-state index in [-0.39, 0.29) is 5.91 Å². The molecule has 1 aliphatic carbocycles. The second kappa shape index (κ2) is 11.2. The van der Waals surface area contributed by atoms with Crippen LogP contribution < -0.4 is 19.5 Å². The zero-order valence-corrected chi connectivity index (χ0v) is 22.5. The molecule has 1 N–H and O–H groups in total. The van der Waals surface area contributed by atoms with Gasteiger partial charge in [-0.25, -0.2) is 0 Å². The largest absolute Gasteiger partial charge is 0.493 e. The third kappa shape index (κ3) is 5.04. The molecule has 2 aliphatic rings. The second-order valence-corrected chi connectivity index (χ2v) is 9.72. The molecule has 5 rings (SSSR count). The molecule has 0 bridgehead atoms. The number of fused-ring (bicyclic) bond motifs is 2. The van der Waals surface area contributed by atoms with Crippen molar-refractivity contribution in [3.05, 3.63) is 93.6 Å². The Labute approximate surface area is 224 Å². The topological polar surface area (TPSA) is 60.0 Å². The highest BCUT2D eigenvalue weighted by Gasteiger charge is 2.22. The minimum Gasteiger partial charge on any atom is -0.493 e. The van der Waals surface area contributed by atoms with Crippen molar-refractivity contribution in [1.82, 2.24) is 10.2 Å². The first-order valence-electron chi connectivity index (χ1n) is 12.9. The second-order valence-electron chi connectivity index (χ2n) is 9.72. The molecular weight excluding hydrogens is 476 g/mol. The van der Waals surface area contributed by atoms with Crippen LogP contribution in [0.25, 0.3) is 17.7 Å². The molecule has 0 aromatic heterocycles. The van der Waals surface area contributed by atoms with Gasteiger partial charge in [-0.1, -0.05) is 54.1 Å². The van der Waals surface area contributed by atoms with Gasteiger partial charge in [-0.3, -0.25) is 4.79 Å². The summed E-state index contributed by atoms with van der Waals surface area (Å²) in [5.41, 5.74) is 9.27. The van der Waals surface area contributed by atoms with E-state index in [2.05, 4.69) is 71.9 Å². The summed E-state index contributed by atoms with van der Waals surface area (Å²) in [5, 5.41) is 3.07. The molecule has 1 amide bonds. The lowest BCUT2D eigenvalue weighted by atomic mass is 9.85. The maximum atomic E-state index is 13.1. The highest BCUT2D eigenvalue weighted by atomic mass is 16.5. The summed E-state index contributed by atoms with van der Waals surface area (Å²) < 4.78 is 16.2. The molecule has 0 unspecified atom stereocenters. The van der Waals surface area contributed by atoms with Crippen LogP contribution in [0.4, 0.5) is 0 Å². The smallest absolute Gasteiger partial charge is 0.251 e. The number of likely N-dealkylation sites (tertiary alicyclic amines) is 1. The van der Waals surface area contributed by atoms with Crippen molar-refractivity contribution in [2.24, 2.45) is 0 Å². The van der Waals surface area contributed by atoms with Gasteiger partial charge in [0.05, 0.1) is 21.3 Å². The molecule has 6 heteroatoms. The fraction of sp³-hybridized carbons (Fsp3) is 0.281. The van der Waals surface area contributed by atoms with Gasteiger partial charge in [0.15, 0.2) is 11.5 Å². The summed E-state index contributed by atoms with van der Waals surface area (Å²) in [6.45, 7) is 2.53. The predicted octanol–water partition coefficient (Wildman–Crippen LogP) is 5.65. The molecule has 0 saturated carbocycles. The quantitative estimate of drug-likeness (QED) is 0.363. The first-order valence-corrected chi connectivity index (χ1v) is 12.9. The van der Waals surface area contributed by atoms with Crippen molar-refractivity contribution in [2.75, 3.05) is 41.5 Å². The van der Waals surface area contributed by atoms with E-state index in [4.69, 9.17) is 14.2 Å². The van der Waals surface area contributed by atoms with Crippen LogP contribution in [0, 0.1) is 0 Å². The van der Waals surface area contributed by atoms with Crippen LogP contribution in [-0.4, -0.2) is 52.3 Å². The Bertz CT molecular complexity index is 1390. The van der Waals surface area contributed by atoms with Gasteiger partial charge in [-0.05, 0) is 71.5 Å².